The highest BCUT2D eigenvalue weighted by Crippen LogP contribution is 2.42. The van der Waals surface area contributed by atoms with Gasteiger partial charge in [0.25, 0.3) is 0 Å². The molecule has 0 amide bonds. The molecule has 0 saturated carbocycles. The van der Waals surface area contributed by atoms with Crippen molar-refractivity contribution in [1.82, 2.24) is 0 Å². The Morgan fingerprint density at radius 2 is 1.32 bits per heavy atom. The highest BCUT2D eigenvalue weighted by Gasteiger charge is 2.23. The molecular weight excluding hydrogens is 328 g/mol. The third-order valence-corrected chi connectivity index (χ3v) is 5.76. The van der Waals surface area contributed by atoms with Crippen molar-refractivity contribution >= 4 is 11.8 Å². The zero-order valence-electron chi connectivity index (χ0n) is 16.6. The predicted octanol–water partition coefficient (Wildman–Crippen LogP) is 6.46. The minimum atomic E-state index is -0.122. The van der Waals surface area contributed by atoms with Gasteiger partial charge in [-0.3, -0.25) is 0 Å². The molecule has 2 rings (SSSR count). The van der Waals surface area contributed by atoms with Crippen molar-refractivity contribution in [3.05, 3.63) is 46.5 Å². The van der Waals surface area contributed by atoms with Crippen LogP contribution in [0.1, 0.15) is 63.8 Å². The van der Waals surface area contributed by atoms with Gasteiger partial charge in [0, 0.05) is 20.9 Å². The standard InChI is InChI=1S/C22H30O2S/c1-13-14(2)20(24)17(22(6,7)8)12-19(13)25-15-9-10-18(23)16(11-15)21(3,4)5/h9-12,23-24H,1-8H3. The molecule has 0 fully saturated rings. The van der Waals surface area contributed by atoms with Crippen molar-refractivity contribution in [3.8, 4) is 11.5 Å². The molecule has 0 aliphatic rings. The Morgan fingerprint density at radius 1 is 0.760 bits per heavy atom. The SMILES string of the molecule is Cc1c(Sc2ccc(O)c(C(C)(C)C)c2)cc(C(C)(C)C)c(O)c1C. The number of aromatic hydroxyl groups is 2. The van der Waals surface area contributed by atoms with E-state index in [4.69, 9.17) is 0 Å². The summed E-state index contributed by atoms with van der Waals surface area (Å²) in [7, 11) is 0. The first kappa shape index (κ1) is 19.7. The highest BCUT2D eigenvalue weighted by atomic mass is 32.2. The van der Waals surface area contributed by atoms with Crippen molar-refractivity contribution in [2.75, 3.05) is 0 Å². The lowest BCUT2D eigenvalue weighted by Gasteiger charge is -2.24. The maximum Gasteiger partial charge on any atom is 0.122 e. The van der Waals surface area contributed by atoms with Crippen LogP contribution in [0.5, 0.6) is 11.5 Å². The van der Waals surface area contributed by atoms with Crippen LogP contribution < -0.4 is 0 Å². The third-order valence-electron chi connectivity index (χ3n) is 4.63. The van der Waals surface area contributed by atoms with E-state index >= 15 is 0 Å². The summed E-state index contributed by atoms with van der Waals surface area (Å²) >= 11 is 1.68. The number of hydrogen-bond donors (Lipinski definition) is 2. The normalized spacial score (nSPS) is 12.5. The lowest BCUT2D eigenvalue weighted by molar-refractivity contribution is 0.441. The van der Waals surface area contributed by atoms with E-state index in [1.165, 1.54) is 0 Å². The Hall–Kier alpha value is -1.61. The zero-order valence-corrected chi connectivity index (χ0v) is 17.4. The van der Waals surface area contributed by atoms with E-state index in [1.807, 2.05) is 13.0 Å². The van der Waals surface area contributed by atoms with E-state index in [2.05, 4.69) is 60.6 Å². The van der Waals surface area contributed by atoms with Gasteiger partial charge in [-0.25, -0.2) is 0 Å². The summed E-state index contributed by atoms with van der Waals surface area (Å²) in [6, 6.07) is 7.90. The summed E-state index contributed by atoms with van der Waals surface area (Å²) in [4.78, 5) is 2.24. The van der Waals surface area contributed by atoms with E-state index < -0.39 is 0 Å². The molecule has 2 aromatic rings. The monoisotopic (exact) mass is 358 g/mol. The molecule has 2 N–H and O–H groups in total. The number of benzene rings is 2. The van der Waals surface area contributed by atoms with Crippen molar-refractivity contribution in [2.24, 2.45) is 0 Å². The predicted molar refractivity (Wildman–Crippen MR) is 107 cm³/mol. The molecule has 0 aliphatic carbocycles. The number of phenols is 2. The Labute approximate surface area is 156 Å². The molecule has 2 aromatic carbocycles. The van der Waals surface area contributed by atoms with Gasteiger partial charge in [-0.05, 0) is 60.1 Å². The Morgan fingerprint density at radius 3 is 1.84 bits per heavy atom. The van der Waals surface area contributed by atoms with Crippen molar-refractivity contribution in [3.63, 3.8) is 0 Å². The first-order valence-corrected chi connectivity index (χ1v) is 9.49. The third kappa shape index (κ3) is 4.14. The summed E-state index contributed by atoms with van der Waals surface area (Å²) in [5.74, 6) is 0.737. The maximum absolute atomic E-state index is 10.5. The van der Waals surface area contributed by atoms with Crippen LogP contribution in [-0.4, -0.2) is 10.2 Å². The van der Waals surface area contributed by atoms with Crippen LogP contribution in [0.2, 0.25) is 0 Å². The first-order valence-electron chi connectivity index (χ1n) is 8.67. The molecule has 2 nitrogen and oxygen atoms in total. The molecule has 0 atom stereocenters. The lowest BCUT2D eigenvalue weighted by Crippen LogP contribution is -2.12. The van der Waals surface area contributed by atoms with Crippen LogP contribution in [0.3, 0.4) is 0 Å². The minimum absolute atomic E-state index is 0.114. The number of rotatable bonds is 2. The van der Waals surface area contributed by atoms with E-state index in [-0.39, 0.29) is 10.8 Å². The van der Waals surface area contributed by atoms with E-state index in [0.29, 0.717) is 11.5 Å². The van der Waals surface area contributed by atoms with Gasteiger partial charge in [-0.1, -0.05) is 53.3 Å². The van der Waals surface area contributed by atoms with E-state index in [9.17, 15) is 10.2 Å². The summed E-state index contributed by atoms with van der Waals surface area (Å²) in [5, 5.41) is 20.7. The summed E-state index contributed by atoms with van der Waals surface area (Å²) in [5.41, 5.74) is 3.71. The van der Waals surface area contributed by atoms with Gasteiger partial charge in [0.1, 0.15) is 11.5 Å². The fourth-order valence-corrected chi connectivity index (χ4v) is 3.91. The summed E-state index contributed by atoms with van der Waals surface area (Å²) in [6.45, 7) is 16.7. The molecule has 25 heavy (non-hydrogen) atoms. The molecule has 0 aromatic heterocycles. The van der Waals surface area contributed by atoms with Gasteiger partial charge in [0.2, 0.25) is 0 Å². The van der Waals surface area contributed by atoms with Crippen LogP contribution >= 0.6 is 11.8 Å². The van der Waals surface area contributed by atoms with Gasteiger partial charge in [-0.2, -0.15) is 0 Å². The van der Waals surface area contributed by atoms with Crippen LogP contribution in [0.4, 0.5) is 0 Å². The van der Waals surface area contributed by atoms with Crippen LogP contribution in [0, 0.1) is 13.8 Å². The fourth-order valence-electron chi connectivity index (χ4n) is 2.86. The van der Waals surface area contributed by atoms with Crippen molar-refractivity contribution in [1.29, 1.82) is 0 Å². The smallest absolute Gasteiger partial charge is 0.122 e. The topological polar surface area (TPSA) is 40.5 Å². The van der Waals surface area contributed by atoms with Gasteiger partial charge >= 0.3 is 0 Å². The van der Waals surface area contributed by atoms with Crippen LogP contribution in [0.15, 0.2) is 34.1 Å². The van der Waals surface area contributed by atoms with Crippen molar-refractivity contribution < 1.29 is 10.2 Å². The number of phenolic OH excluding ortho intramolecular Hbond substituents is 2. The second kappa shape index (κ2) is 6.60. The maximum atomic E-state index is 10.5. The lowest BCUT2D eigenvalue weighted by atomic mass is 9.84. The Balaban J connectivity index is 2.53. The second-order valence-corrected chi connectivity index (χ2v) is 9.92. The van der Waals surface area contributed by atoms with E-state index in [0.717, 1.165) is 32.0 Å². The minimum Gasteiger partial charge on any atom is -0.508 e. The molecule has 0 spiro atoms. The fraction of sp³-hybridized carbons (Fsp3) is 0.455. The average molecular weight is 359 g/mol. The second-order valence-electron chi connectivity index (χ2n) is 8.80. The van der Waals surface area contributed by atoms with Crippen LogP contribution in [-0.2, 0) is 10.8 Å². The molecule has 0 unspecified atom stereocenters. The molecule has 0 heterocycles. The molecular formula is C22H30O2S. The van der Waals surface area contributed by atoms with Crippen LogP contribution in [0.25, 0.3) is 0 Å². The molecule has 0 saturated heterocycles. The molecule has 3 heteroatoms. The number of hydrogen-bond acceptors (Lipinski definition) is 3. The molecule has 136 valence electrons. The van der Waals surface area contributed by atoms with Gasteiger partial charge in [-0.15, -0.1) is 0 Å². The Bertz CT molecular complexity index is 793. The average Bonchev–Trinajstić information content (AvgIpc) is 2.47. The molecule has 0 radical (unpaired) electrons. The highest BCUT2D eigenvalue weighted by molar-refractivity contribution is 7.99. The quantitative estimate of drug-likeness (QED) is 0.647. The van der Waals surface area contributed by atoms with E-state index in [1.54, 1.807) is 17.8 Å². The summed E-state index contributed by atoms with van der Waals surface area (Å²) < 4.78 is 0. The Kier molecular flexibility index (Phi) is 5.21. The largest absolute Gasteiger partial charge is 0.508 e. The van der Waals surface area contributed by atoms with Gasteiger partial charge < -0.3 is 10.2 Å². The van der Waals surface area contributed by atoms with Gasteiger partial charge in [0.15, 0.2) is 0 Å². The zero-order chi connectivity index (χ0) is 19.2. The van der Waals surface area contributed by atoms with Crippen molar-refractivity contribution in [2.45, 2.75) is 76.0 Å². The summed E-state index contributed by atoms with van der Waals surface area (Å²) in [6.07, 6.45) is 0. The first-order chi connectivity index (χ1) is 11.3. The van der Waals surface area contributed by atoms with Gasteiger partial charge in [0.05, 0.1) is 0 Å². The molecule has 0 bridgehead atoms. The molecule has 0 aliphatic heterocycles.